The highest BCUT2D eigenvalue weighted by molar-refractivity contribution is 7.14. The predicted octanol–water partition coefficient (Wildman–Crippen LogP) is 5.50. The van der Waals surface area contributed by atoms with Crippen molar-refractivity contribution in [3.05, 3.63) is 70.1 Å². The van der Waals surface area contributed by atoms with Gasteiger partial charge in [-0.2, -0.15) is 0 Å². The summed E-state index contributed by atoms with van der Waals surface area (Å²) < 4.78 is 20.0. The molecule has 1 amide bonds. The molecule has 3 heterocycles. The smallest absolute Gasteiger partial charge is 0.265 e. The largest absolute Gasteiger partial charge is 0.478 e. The minimum atomic E-state index is -0.521. The van der Waals surface area contributed by atoms with Crippen molar-refractivity contribution in [1.82, 2.24) is 20.2 Å². The van der Waals surface area contributed by atoms with Gasteiger partial charge in [0.25, 0.3) is 11.8 Å². The number of benzene rings is 1. The maximum atomic E-state index is 14.6. The molecule has 2 N–H and O–H groups in total. The molecule has 6 rings (SSSR count). The predicted molar refractivity (Wildman–Crippen MR) is 131 cm³/mol. The van der Waals surface area contributed by atoms with Crippen molar-refractivity contribution in [2.45, 2.75) is 31.1 Å². The summed E-state index contributed by atoms with van der Waals surface area (Å²) in [6.07, 6.45) is 6.64. The summed E-state index contributed by atoms with van der Waals surface area (Å²) in [6.45, 7) is 0. The summed E-state index contributed by atoms with van der Waals surface area (Å²) in [5.41, 5.74) is 3.00. The van der Waals surface area contributed by atoms with E-state index in [0.717, 1.165) is 0 Å². The average Bonchev–Trinajstić information content (AvgIpc) is 3.60. The zero-order chi connectivity index (χ0) is 23.9. The van der Waals surface area contributed by atoms with E-state index in [1.165, 1.54) is 60.5 Å². The number of nitrogens with zero attached hydrogens (tertiary/aromatic N) is 4. The lowest BCUT2D eigenvalue weighted by atomic mass is 9.99. The fraction of sp³-hybridized carbons (Fsp3) is 0.240. The quantitative estimate of drug-likeness (QED) is 0.369. The molecule has 0 spiro atoms. The van der Waals surface area contributed by atoms with Crippen molar-refractivity contribution in [1.29, 1.82) is 0 Å². The Morgan fingerprint density at radius 1 is 1.11 bits per heavy atom. The van der Waals surface area contributed by atoms with Crippen LogP contribution in [0.2, 0.25) is 0 Å². The zero-order valence-electron chi connectivity index (χ0n) is 18.8. The minimum Gasteiger partial charge on any atom is -0.478 e. The van der Waals surface area contributed by atoms with Crippen molar-refractivity contribution >= 4 is 34.4 Å². The molecular weight excluding hydrogens is 467 g/mol. The van der Waals surface area contributed by atoms with Gasteiger partial charge in [-0.15, -0.1) is 21.5 Å². The third-order valence-corrected chi connectivity index (χ3v) is 7.88. The number of nitrogens with one attached hydrogen (secondary N) is 2. The summed E-state index contributed by atoms with van der Waals surface area (Å²) in [5, 5.41) is 14.2. The van der Waals surface area contributed by atoms with E-state index in [9.17, 15) is 9.18 Å². The molecule has 2 atom stereocenters. The van der Waals surface area contributed by atoms with E-state index in [2.05, 4.69) is 30.8 Å². The summed E-state index contributed by atoms with van der Waals surface area (Å²) in [5.74, 6) is 1.18. The van der Waals surface area contributed by atoms with Gasteiger partial charge in [0.1, 0.15) is 23.6 Å². The van der Waals surface area contributed by atoms with Crippen LogP contribution in [0.25, 0.3) is 11.3 Å². The molecule has 2 aliphatic rings. The Bertz CT molecular complexity index is 1400. The zero-order valence-corrected chi connectivity index (χ0v) is 19.6. The van der Waals surface area contributed by atoms with Crippen molar-refractivity contribution in [3.8, 4) is 17.1 Å². The molecule has 0 saturated heterocycles. The van der Waals surface area contributed by atoms with Gasteiger partial charge in [0.15, 0.2) is 0 Å². The summed E-state index contributed by atoms with van der Waals surface area (Å²) in [6, 6.07) is 9.88. The van der Waals surface area contributed by atoms with Crippen LogP contribution in [0.4, 0.5) is 21.6 Å². The van der Waals surface area contributed by atoms with E-state index in [0.29, 0.717) is 39.5 Å². The highest BCUT2D eigenvalue weighted by atomic mass is 32.1. The summed E-state index contributed by atoms with van der Waals surface area (Å²) in [4.78, 5) is 23.0. The van der Waals surface area contributed by atoms with E-state index < -0.39 is 5.82 Å². The second-order valence-corrected chi connectivity index (χ2v) is 9.74. The molecule has 1 unspecified atom stereocenters. The standard InChI is InChI=1S/C25H21FN6O2S/c1-34-25-20(29-22-6-7-27-12-28-22)11-18(31-32-25)14-4-5-17(26)19(9-14)30-24(33)21-10-16-13-2-3-15(8-13)23(16)35-21/h4-7,9-13,15H,2-3,8H2,1H3,(H,30,33)(H,27,28,29,31)/t13-,15?/m1/s1. The number of thiophene rings is 1. The van der Waals surface area contributed by atoms with Crippen molar-refractivity contribution in [2.24, 2.45) is 0 Å². The van der Waals surface area contributed by atoms with Crippen LogP contribution in [0, 0.1) is 5.82 Å². The second kappa shape index (κ2) is 8.70. The van der Waals surface area contributed by atoms with E-state index >= 15 is 0 Å². The molecule has 2 bridgehead atoms. The fourth-order valence-electron chi connectivity index (χ4n) is 4.90. The van der Waals surface area contributed by atoms with Crippen LogP contribution in [0.15, 0.2) is 48.9 Å². The number of amides is 1. The second-order valence-electron chi connectivity index (χ2n) is 8.66. The molecule has 1 saturated carbocycles. The molecule has 8 nitrogen and oxygen atoms in total. The van der Waals surface area contributed by atoms with Gasteiger partial charge in [0.05, 0.1) is 23.4 Å². The molecule has 3 aromatic heterocycles. The lowest BCUT2D eigenvalue weighted by molar-refractivity contribution is 0.103. The van der Waals surface area contributed by atoms with Gasteiger partial charge in [-0.1, -0.05) is 0 Å². The highest BCUT2D eigenvalue weighted by Gasteiger charge is 2.39. The molecule has 1 aromatic carbocycles. The number of ether oxygens (including phenoxy) is 1. The topological polar surface area (TPSA) is 102 Å². The van der Waals surface area contributed by atoms with Crippen LogP contribution in [0.5, 0.6) is 5.88 Å². The van der Waals surface area contributed by atoms with Gasteiger partial charge in [0, 0.05) is 16.6 Å². The fourth-order valence-corrected chi connectivity index (χ4v) is 6.19. The monoisotopic (exact) mass is 488 g/mol. The molecule has 2 aliphatic carbocycles. The van der Waals surface area contributed by atoms with Crippen LogP contribution < -0.4 is 15.4 Å². The number of aromatic nitrogens is 4. The molecule has 0 radical (unpaired) electrons. The maximum Gasteiger partial charge on any atom is 0.265 e. The number of rotatable bonds is 6. The molecule has 0 aliphatic heterocycles. The Kier molecular flexibility index (Phi) is 5.37. The number of anilines is 3. The highest BCUT2D eigenvalue weighted by Crippen LogP contribution is 2.55. The minimum absolute atomic E-state index is 0.0898. The normalized spacial score (nSPS) is 17.8. The first-order valence-corrected chi connectivity index (χ1v) is 12.1. The summed E-state index contributed by atoms with van der Waals surface area (Å²) >= 11 is 1.54. The lowest BCUT2D eigenvalue weighted by Gasteiger charge is -2.12. The first kappa shape index (κ1) is 21.6. The molecule has 176 valence electrons. The number of carbonyl (C=O) groups is 1. The van der Waals surface area contributed by atoms with Crippen LogP contribution >= 0.6 is 11.3 Å². The van der Waals surface area contributed by atoms with Gasteiger partial charge >= 0.3 is 0 Å². The third kappa shape index (κ3) is 3.99. The number of carbonyl (C=O) groups excluding carboxylic acids is 1. The average molecular weight is 489 g/mol. The van der Waals surface area contributed by atoms with Crippen molar-refractivity contribution < 1.29 is 13.9 Å². The first-order chi connectivity index (χ1) is 17.1. The van der Waals surface area contributed by atoms with Gasteiger partial charge in [-0.25, -0.2) is 14.4 Å². The SMILES string of the molecule is COc1nnc(-c2ccc(F)c(NC(=O)c3cc4c(s3)C3CC[C@@H]4C3)c2)cc1Nc1ccncn1. The van der Waals surface area contributed by atoms with E-state index in [1.807, 2.05) is 6.07 Å². The maximum absolute atomic E-state index is 14.6. The third-order valence-electron chi connectivity index (χ3n) is 6.57. The number of halogens is 1. The van der Waals surface area contributed by atoms with Gasteiger partial charge in [-0.05, 0) is 73.1 Å². The van der Waals surface area contributed by atoms with Crippen LogP contribution in [0.1, 0.15) is 51.2 Å². The van der Waals surface area contributed by atoms with Crippen LogP contribution in [-0.2, 0) is 0 Å². The molecule has 10 heteroatoms. The number of methoxy groups -OCH3 is 1. The van der Waals surface area contributed by atoms with Gasteiger partial charge < -0.3 is 15.4 Å². The van der Waals surface area contributed by atoms with Crippen LogP contribution in [-0.4, -0.2) is 33.2 Å². The Balaban J connectivity index is 1.27. The number of hydrogen-bond donors (Lipinski definition) is 2. The lowest BCUT2D eigenvalue weighted by Crippen LogP contribution is -2.11. The first-order valence-electron chi connectivity index (χ1n) is 11.3. The molecule has 35 heavy (non-hydrogen) atoms. The van der Waals surface area contributed by atoms with Gasteiger partial charge in [-0.3, -0.25) is 4.79 Å². The Labute approximate surface area is 204 Å². The van der Waals surface area contributed by atoms with E-state index in [4.69, 9.17) is 4.74 Å². The molecule has 4 aromatic rings. The van der Waals surface area contributed by atoms with Crippen molar-refractivity contribution in [3.63, 3.8) is 0 Å². The Morgan fingerprint density at radius 3 is 2.80 bits per heavy atom. The van der Waals surface area contributed by atoms with Crippen molar-refractivity contribution in [2.75, 3.05) is 17.7 Å². The Hall–Kier alpha value is -3.92. The molecular formula is C25H21FN6O2S. The van der Waals surface area contributed by atoms with Crippen LogP contribution in [0.3, 0.4) is 0 Å². The van der Waals surface area contributed by atoms with E-state index in [1.54, 1.807) is 30.5 Å². The Morgan fingerprint density at radius 2 is 2.00 bits per heavy atom. The van der Waals surface area contributed by atoms with Gasteiger partial charge in [0.2, 0.25) is 0 Å². The van der Waals surface area contributed by atoms with E-state index in [-0.39, 0.29) is 17.5 Å². The number of hydrogen-bond acceptors (Lipinski definition) is 8. The molecule has 1 fully saturated rings. The summed E-state index contributed by atoms with van der Waals surface area (Å²) in [7, 11) is 1.49. The number of fused-ring (bicyclic) bond motifs is 5.